The third kappa shape index (κ3) is 6.13. The monoisotopic (exact) mass is 536 g/mol. The Morgan fingerprint density at radius 1 is 1.07 bits per heavy atom. The van der Waals surface area contributed by atoms with Crippen molar-refractivity contribution < 1.29 is 9.59 Å². The predicted molar refractivity (Wildman–Crippen MR) is 159 cm³/mol. The molecule has 5 rings (SSSR count). The third-order valence-corrected chi connectivity index (χ3v) is 7.28. The Morgan fingerprint density at radius 2 is 1.90 bits per heavy atom. The quantitative estimate of drug-likeness (QED) is 0.323. The fourth-order valence-electron chi connectivity index (χ4n) is 5.28. The van der Waals surface area contributed by atoms with Crippen molar-refractivity contribution in [2.24, 2.45) is 0 Å². The second-order valence-electron chi connectivity index (χ2n) is 10.6. The molecule has 1 aliphatic heterocycles. The number of likely N-dealkylation sites (N-methyl/N-ethyl adjacent to an activating group) is 1. The van der Waals surface area contributed by atoms with Crippen molar-refractivity contribution in [2.45, 2.75) is 32.2 Å². The van der Waals surface area contributed by atoms with Crippen molar-refractivity contribution in [2.75, 3.05) is 39.0 Å². The highest BCUT2D eigenvalue weighted by Crippen LogP contribution is 2.32. The maximum absolute atomic E-state index is 13.5. The standard InChI is InChI=1S/C32H36N6O2/c1-23-11-9-15-27-30(23)38(26-14-7-8-20-37(22-26)29(39)16-10-19-36(2)3)32(34-27)35-31(40)25-17-18-33-28(21-25)24-12-5-4-6-13-24/h4-6,9-13,15-18,21,26H,7-8,14,19-20,22H2,1-3H3,(H,34,35,40). The molecule has 2 amide bonds. The van der Waals surface area contributed by atoms with E-state index in [1.165, 1.54) is 0 Å². The lowest BCUT2D eigenvalue weighted by atomic mass is 10.1. The van der Waals surface area contributed by atoms with Crippen molar-refractivity contribution in [3.63, 3.8) is 0 Å². The van der Waals surface area contributed by atoms with E-state index in [1.54, 1.807) is 24.4 Å². The molecule has 1 fully saturated rings. The van der Waals surface area contributed by atoms with Crippen LogP contribution in [0.3, 0.4) is 0 Å². The second kappa shape index (κ2) is 12.3. The SMILES string of the molecule is Cc1cccc2nc(NC(=O)c3ccnc(-c4ccccc4)c3)n(C3CCCCN(C(=O)C=CCN(C)C)C3)c12. The van der Waals surface area contributed by atoms with E-state index in [-0.39, 0.29) is 17.9 Å². The van der Waals surface area contributed by atoms with E-state index >= 15 is 0 Å². The number of para-hydroxylation sites is 1. The first-order chi connectivity index (χ1) is 19.4. The lowest BCUT2D eigenvalue weighted by Gasteiger charge is -2.26. The summed E-state index contributed by atoms with van der Waals surface area (Å²) in [6.45, 7) is 4.05. The minimum atomic E-state index is -0.248. The number of aryl methyl sites for hydroxylation is 1. The summed E-state index contributed by atoms with van der Waals surface area (Å²) in [5.41, 5.74) is 5.07. The molecule has 1 unspecified atom stereocenters. The summed E-state index contributed by atoms with van der Waals surface area (Å²) < 4.78 is 2.14. The highest BCUT2D eigenvalue weighted by molar-refractivity contribution is 6.04. The van der Waals surface area contributed by atoms with Gasteiger partial charge in [-0.25, -0.2) is 4.98 Å². The van der Waals surface area contributed by atoms with Gasteiger partial charge in [-0.1, -0.05) is 48.5 Å². The molecule has 3 heterocycles. The minimum Gasteiger partial charge on any atom is -0.337 e. The number of pyridine rings is 1. The van der Waals surface area contributed by atoms with E-state index in [1.807, 2.05) is 72.4 Å². The van der Waals surface area contributed by atoms with Gasteiger partial charge in [0.2, 0.25) is 11.9 Å². The van der Waals surface area contributed by atoms with E-state index in [0.29, 0.717) is 31.1 Å². The van der Waals surface area contributed by atoms with Gasteiger partial charge in [-0.3, -0.25) is 19.9 Å². The smallest absolute Gasteiger partial charge is 0.258 e. The molecule has 1 atom stereocenters. The number of nitrogens with zero attached hydrogens (tertiary/aromatic N) is 5. The molecule has 2 aromatic heterocycles. The molecule has 206 valence electrons. The van der Waals surface area contributed by atoms with Gasteiger partial charge in [0.25, 0.3) is 5.91 Å². The van der Waals surface area contributed by atoms with Gasteiger partial charge in [-0.15, -0.1) is 0 Å². The number of hydrogen-bond acceptors (Lipinski definition) is 5. The first kappa shape index (κ1) is 27.3. The van der Waals surface area contributed by atoms with Gasteiger partial charge in [0, 0.05) is 43.0 Å². The van der Waals surface area contributed by atoms with Crippen LogP contribution in [-0.2, 0) is 4.79 Å². The molecule has 8 nitrogen and oxygen atoms in total. The van der Waals surface area contributed by atoms with Crippen molar-refractivity contribution >= 4 is 28.8 Å². The normalized spacial score (nSPS) is 16.0. The number of hydrogen-bond donors (Lipinski definition) is 1. The zero-order valence-corrected chi connectivity index (χ0v) is 23.4. The van der Waals surface area contributed by atoms with Crippen molar-refractivity contribution in [1.29, 1.82) is 0 Å². The number of imidazole rings is 1. The van der Waals surface area contributed by atoms with Crippen molar-refractivity contribution in [3.05, 3.63) is 90.1 Å². The predicted octanol–water partition coefficient (Wildman–Crippen LogP) is 5.33. The number of amides is 2. The average molecular weight is 537 g/mol. The Labute approximate surface area is 235 Å². The highest BCUT2D eigenvalue weighted by atomic mass is 16.2. The maximum Gasteiger partial charge on any atom is 0.258 e. The summed E-state index contributed by atoms with van der Waals surface area (Å²) in [6.07, 6.45) is 8.05. The maximum atomic E-state index is 13.5. The molecule has 0 spiro atoms. The fraction of sp³-hybridized carbons (Fsp3) is 0.312. The molecular formula is C32H36N6O2. The summed E-state index contributed by atoms with van der Waals surface area (Å²) in [5, 5.41) is 3.09. The first-order valence-corrected chi connectivity index (χ1v) is 13.8. The summed E-state index contributed by atoms with van der Waals surface area (Å²) in [7, 11) is 3.96. The number of nitrogens with one attached hydrogen (secondary N) is 1. The largest absolute Gasteiger partial charge is 0.337 e. The van der Waals surface area contributed by atoms with Crippen LogP contribution in [0.2, 0.25) is 0 Å². The average Bonchev–Trinajstić information content (AvgIpc) is 3.15. The molecule has 0 aliphatic carbocycles. The van der Waals surface area contributed by atoms with Gasteiger partial charge in [0.1, 0.15) is 0 Å². The number of carbonyl (C=O) groups excluding carboxylic acids is 2. The van der Waals surface area contributed by atoms with Crippen molar-refractivity contribution in [1.82, 2.24) is 24.3 Å². The van der Waals surface area contributed by atoms with Crippen LogP contribution in [0.5, 0.6) is 0 Å². The van der Waals surface area contributed by atoms with E-state index < -0.39 is 0 Å². The number of likely N-dealkylation sites (tertiary alicyclic amines) is 1. The van der Waals surface area contributed by atoms with Crippen LogP contribution in [0.1, 0.15) is 41.2 Å². The number of aromatic nitrogens is 3. The minimum absolute atomic E-state index is 0.0192. The molecule has 40 heavy (non-hydrogen) atoms. The zero-order chi connectivity index (χ0) is 28.1. The molecule has 1 saturated heterocycles. The van der Waals surface area contributed by atoms with Gasteiger partial charge in [0.15, 0.2) is 0 Å². The van der Waals surface area contributed by atoms with E-state index in [2.05, 4.69) is 27.9 Å². The molecular weight excluding hydrogens is 500 g/mol. The summed E-state index contributed by atoms with van der Waals surface area (Å²) in [5.74, 6) is 0.266. The van der Waals surface area contributed by atoms with Crippen LogP contribution in [-0.4, -0.2) is 69.9 Å². The Morgan fingerprint density at radius 3 is 2.70 bits per heavy atom. The molecule has 0 radical (unpaired) electrons. The van der Waals surface area contributed by atoms with E-state index in [9.17, 15) is 9.59 Å². The lowest BCUT2D eigenvalue weighted by molar-refractivity contribution is -0.126. The highest BCUT2D eigenvalue weighted by Gasteiger charge is 2.27. The van der Waals surface area contributed by atoms with Crippen LogP contribution in [0, 0.1) is 6.92 Å². The number of benzene rings is 2. The van der Waals surface area contributed by atoms with Gasteiger partial charge < -0.3 is 14.4 Å². The van der Waals surface area contributed by atoms with Gasteiger partial charge in [0.05, 0.1) is 22.8 Å². The van der Waals surface area contributed by atoms with Gasteiger partial charge >= 0.3 is 0 Å². The molecule has 4 aromatic rings. The van der Waals surface area contributed by atoms with E-state index in [4.69, 9.17) is 4.98 Å². The Bertz CT molecular complexity index is 1530. The van der Waals surface area contributed by atoms with Crippen LogP contribution in [0.15, 0.2) is 79.0 Å². The molecule has 1 aliphatic rings. The fourth-order valence-corrected chi connectivity index (χ4v) is 5.28. The number of anilines is 1. The number of fused-ring (bicyclic) bond motifs is 1. The molecule has 1 N–H and O–H groups in total. The van der Waals surface area contributed by atoms with Crippen LogP contribution in [0.4, 0.5) is 5.95 Å². The van der Waals surface area contributed by atoms with Crippen LogP contribution >= 0.6 is 0 Å². The second-order valence-corrected chi connectivity index (χ2v) is 10.6. The molecule has 0 saturated carbocycles. The zero-order valence-electron chi connectivity index (χ0n) is 23.4. The van der Waals surface area contributed by atoms with Crippen LogP contribution < -0.4 is 5.32 Å². The summed E-state index contributed by atoms with van der Waals surface area (Å²) in [6, 6.07) is 19.3. The lowest BCUT2D eigenvalue weighted by Crippen LogP contribution is -2.35. The molecule has 0 bridgehead atoms. The number of rotatable bonds is 7. The van der Waals surface area contributed by atoms with Crippen molar-refractivity contribution in [3.8, 4) is 11.3 Å². The Kier molecular flexibility index (Phi) is 8.36. The van der Waals surface area contributed by atoms with E-state index in [0.717, 1.165) is 47.1 Å². The Balaban J connectivity index is 1.46. The van der Waals surface area contributed by atoms with Crippen LogP contribution in [0.25, 0.3) is 22.3 Å². The van der Waals surface area contributed by atoms with Gasteiger partial charge in [-0.05, 0) is 64.0 Å². The first-order valence-electron chi connectivity index (χ1n) is 13.8. The van der Waals surface area contributed by atoms with Gasteiger partial charge in [-0.2, -0.15) is 0 Å². The Hall–Kier alpha value is -4.30. The number of carbonyl (C=O) groups is 2. The summed E-state index contributed by atoms with van der Waals surface area (Å²) in [4.78, 5) is 39.9. The molecule has 2 aromatic carbocycles. The topological polar surface area (TPSA) is 83.4 Å². The third-order valence-electron chi connectivity index (χ3n) is 7.28. The molecule has 8 heteroatoms. The summed E-state index contributed by atoms with van der Waals surface area (Å²) >= 11 is 0.